The maximum Gasteiger partial charge on any atom is 0.329 e. The van der Waals surface area contributed by atoms with Crippen LogP contribution in [0.15, 0.2) is 30.3 Å². The maximum absolute atomic E-state index is 14.2. The van der Waals surface area contributed by atoms with E-state index in [-0.39, 0.29) is 25.5 Å². The molecule has 1 saturated carbocycles. The number of primary amides is 1. The van der Waals surface area contributed by atoms with Crippen LogP contribution in [0, 0.1) is 34.5 Å². The molecule has 3 rings (SSSR count). The number of carbonyl (C=O) groups excluding carboxylic acids is 6. The zero-order chi connectivity index (χ0) is 36.7. The third-order valence-electron chi connectivity index (χ3n) is 8.59. The van der Waals surface area contributed by atoms with E-state index in [0.29, 0.717) is 0 Å². The molecule has 1 saturated heterocycles. The Hall–Kier alpha value is -3.82. The number of hydrogen-bond acceptors (Lipinski definition) is 7. The Morgan fingerprint density at radius 2 is 1.53 bits per heavy atom. The molecule has 5 atom stereocenters. The Labute approximate surface area is 297 Å². The highest BCUT2D eigenvalue weighted by atomic mass is 35.5. The summed E-state index contributed by atoms with van der Waals surface area (Å²) in [6.45, 7) is 10.5. The Morgan fingerprint density at radius 1 is 0.939 bits per heavy atom. The van der Waals surface area contributed by atoms with Crippen LogP contribution in [0.3, 0.4) is 0 Å². The van der Waals surface area contributed by atoms with Crippen molar-refractivity contribution in [1.29, 1.82) is 0 Å². The Kier molecular flexibility index (Phi) is 13.5. The number of hydrogen-bond donors (Lipinski definition) is 4. The van der Waals surface area contributed by atoms with Crippen LogP contribution in [0.4, 0.5) is 4.79 Å². The van der Waals surface area contributed by atoms with Gasteiger partial charge in [-0.1, -0.05) is 90.1 Å². The van der Waals surface area contributed by atoms with Crippen molar-refractivity contribution in [2.75, 3.05) is 6.54 Å². The van der Waals surface area contributed by atoms with Gasteiger partial charge in [-0.15, -0.1) is 23.2 Å². The molecule has 5 N–H and O–H groups in total. The summed E-state index contributed by atoms with van der Waals surface area (Å²) in [4.78, 5) is 79.2. The zero-order valence-electron chi connectivity index (χ0n) is 28.8. The molecule has 268 valence electrons. The highest BCUT2D eigenvalue weighted by Crippen LogP contribution is 2.33. The largest absolute Gasteiger partial charge is 0.459 e. The van der Waals surface area contributed by atoms with E-state index < -0.39 is 81.3 Å². The fourth-order valence-corrected chi connectivity index (χ4v) is 5.77. The Morgan fingerprint density at radius 3 is 2.04 bits per heavy atom. The molecule has 14 heteroatoms. The van der Waals surface area contributed by atoms with E-state index in [4.69, 9.17) is 33.7 Å². The van der Waals surface area contributed by atoms with Gasteiger partial charge in [-0.2, -0.15) is 0 Å². The average Bonchev–Trinajstić information content (AvgIpc) is 3.45. The fraction of sp³-hybridized carbons (Fsp3) is 0.600. The lowest BCUT2D eigenvalue weighted by atomic mass is 9.85. The first kappa shape index (κ1) is 39.6. The molecule has 1 aliphatic heterocycles. The number of alkyl halides is 2. The number of likely N-dealkylation sites (tertiary alicyclic amines) is 1. The van der Waals surface area contributed by atoms with Crippen molar-refractivity contribution in [3.63, 3.8) is 0 Å². The van der Waals surface area contributed by atoms with Crippen molar-refractivity contribution in [1.82, 2.24) is 20.9 Å². The number of urea groups is 1. The fourth-order valence-electron chi connectivity index (χ4n) is 5.40. The van der Waals surface area contributed by atoms with Gasteiger partial charge in [-0.3, -0.25) is 19.2 Å². The van der Waals surface area contributed by atoms with E-state index in [9.17, 15) is 28.8 Å². The molecule has 0 spiro atoms. The summed E-state index contributed by atoms with van der Waals surface area (Å²) < 4.78 is 5.51. The lowest BCUT2D eigenvalue weighted by molar-refractivity contribution is -0.150. The van der Waals surface area contributed by atoms with Crippen molar-refractivity contribution >= 4 is 58.7 Å². The lowest BCUT2D eigenvalue weighted by Gasteiger charge is -2.36. The number of amides is 5. The number of nitrogens with two attached hydrogens (primary N) is 1. The first-order chi connectivity index (χ1) is 22.8. The van der Waals surface area contributed by atoms with Crippen LogP contribution in [0.2, 0.25) is 0 Å². The number of nitrogens with zero attached hydrogens (tertiary/aromatic N) is 1. The molecule has 0 aromatic heterocycles. The number of Topliss-reactive ketones (excluding diaryl/α,β-unsaturated/α-hetero) is 1. The quantitative estimate of drug-likeness (QED) is 0.117. The summed E-state index contributed by atoms with van der Waals surface area (Å²) >= 11 is 12.4. The van der Waals surface area contributed by atoms with Gasteiger partial charge < -0.3 is 31.3 Å². The van der Waals surface area contributed by atoms with E-state index >= 15 is 0 Å². The van der Waals surface area contributed by atoms with Gasteiger partial charge in [0.25, 0.3) is 11.7 Å². The molecule has 1 aromatic carbocycles. The van der Waals surface area contributed by atoms with Crippen LogP contribution < -0.4 is 21.7 Å². The molecule has 49 heavy (non-hydrogen) atoms. The van der Waals surface area contributed by atoms with Crippen LogP contribution in [-0.4, -0.2) is 76.0 Å². The first-order valence-corrected chi connectivity index (χ1v) is 17.2. The minimum atomic E-state index is -1.50. The van der Waals surface area contributed by atoms with Crippen LogP contribution in [0.5, 0.6) is 0 Å². The average molecular weight is 721 g/mol. The minimum absolute atomic E-state index is 0.0123. The summed E-state index contributed by atoms with van der Waals surface area (Å²) in [5, 5.41) is 7.87. The maximum atomic E-state index is 14.2. The number of halogens is 2. The smallest absolute Gasteiger partial charge is 0.329 e. The van der Waals surface area contributed by atoms with Gasteiger partial charge in [0, 0.05) is 18.4 Å². The third-order valence-corrected chi connectivity index (χ3v) is 9.31. The van der Waals surface area contributed by atoms with E-state index in [0.717, 1.165) is 24.8 Å². The van der Waals surface area contributed by atoms with E-state index in [1.54, 1.807) is 41.5 Å². The predicted molar refractivity (Wildman–Crippen MR) is 185 cm³/mol. The van der Waals surface area contributed by atoms with Gasteiger partial charge >= 0.3 is 12.0 Å². The molecule has 1 aliphatic carbocycles. The Bertz CT molecular complexity index is 1460. The van der Waals surface area contributed by atoms with E-state index in [2.05, 4.69) is 27.8 Å². The summed E-state index contributed by atoms with van der Waals surface area (Å²) in [6, 6.07) is 3.39. The molecule has 5 amide bonds. The second-order valence-corrected chi connectivity index (χ2v) is 15.9. The molecule has 1 heterocycles. The van der Waals surface area contributed by atoms with Crippen molar-refractivity contribution in [3.8, 4) is 11.8 Å². The van der Waals surface area contributed by atoms with E-state index in [1.807, 2.05) is 30.3 Å². The van der Waals surface area contributed by atoms with E-state index in [1.165, 1.54) is 4.90 Å². The molecule has 2 fully saturated rings. The molecular weight excluding hydrogens is 673 g/mol. The lowest BCUT2D eigenvalue weighted by Crippen LogP contribution is -2.61. The predicted octanol–water partition coefficient (Wildman–Crippen LogP) is 3.22. The summed E-state index contributed by atoms with van der Waals surface area (Å²) in [7, 11) is 0. The normalized spacial score (nSPS) is 19.7. The summed E-state index contributed by atoms with van der Waals surface area (Å²) in [5.74, 6) is 0.768. The second-order valence-electron chi connectivity index (χ2n) is 14.7. The topological polar surface area (TPSA) is 177 Å². The number of carbonyl (C=O) groups is 6. The number of esters is 1. The summed E-state index contributed by atoms with van der Waals surface area (Å²) in [6.07, 6.45) is 2.73. The van der Waals surface area contributed by atoms with Crippen molar-refractivity contribution < 1.29 is 33.5 Å². The van der Waals surface area contributed by atoms with Gasteiger partial charge in [0.1, 0.15) is 29.6 Å². The molecule has 1 aromatic rings. The van der Waals surface area contributed by atoms with Crippen molar-refractivity contribution in [2.24, 2.45) is 28.4 Å². The molecule has 2 aliphatic rings. The molecule has 0 bridgehead atoms. The molecular formula is C35H47Cl2N5O7. The van der Waals surface area contributed by atoms with Gasteiger partial charge in [-0.25, -0.2) is 9.59 Å². The van der Waals surface area contributed by atoms with Crippen molar-refractivity contribution in [3.05, 3.63) is 35.9 Å². The van der Waals surface area contributed by atoms with Gasteiger partial charge in [0.2, 0.25) is 11.8 Å². The van der Waals surface area contributed by atoms with Gasteiger partial charge in [0.05, 0.1) is 0 Å². The molecule has 1 unspecified atom stereocenters. The highest BCUT2D eigenvalue weighted by molar-refractivity contribution is 6.44. The number of benzene rings is 1. The number of ether oxygens (including phenoxy) is 1. The van der Waals surface area contributed by atoms with Gasteiger partial charge in [-0.05, 0) is 35.7 Å². The Balaban J connectivity index is 1.81. The number of rotatable bonds is 11. The SMILES string of the molecule is CC(C)(C)[C@H](NC(=O)N[C@H](C(=O)N1C[C@H](C(Cl)Cl)C[C@H]1C(=O)NC(C#CC1CCC1)C(=O)C(N)=O)C(C)(C)C)C(=O)OCc1ccccc1. The summed E-state index contributed by atoms with van der Waals surface area (Å²) in [5.41, 5.74) is 4.38. The molecule has 12 nitrogen and oxygen atoms in total. The van der Waals surface area contributed by atoms with Crippen LogP contribution >= 0.6 is 23.2 Å². The first-order valence-electron chi connectivity index (χ1n) is 16.3. The highest BCUT2D eigenvalue weighted by Gasteiger charge is 2.47. The second kappa shape index (κ2) is 16.7. The van der Waals surface area contributed by atoms with Crippen LogP contribution in [0.1, 0.15) is 72.8 Å². The number of ketones is 1. The zero-order valence-corrected chi connectivity index (χ0v) is 30.3. The van der Waals surface area contributed by atoms with Crippen LogP contribution in [-0.2, 0) is 35.3 Å². The number of nitrogens with one attached hydrogen (secondary N) is 3. The van der Waals surface area contributed by atoms with Crippen LogP contribution in [0.25, 0.3) is 0 Å². The minimum Gasteiger partial charge on any atom is -0.459 e. The third kappa shape index (κ3) is 11.1. The van der Waals surface area contributed by atoms with Gasteiger partial charge in [0.15, 0.2) is 6.04 Å². The van der Waals surface area contributed by atoms with Crippen molar-refractivity contribution in [2.45, 2.75) is 103 Å². The molecule has 0 radical (unpaired) electrons. The monoisotopic (exact) mass is 719 g/mol. The standard InChI is InChI=1S/C35H47Cl2N5O7/c1-34(2,3)26(40-33(48)41-27(35(4,5)6)32(47)49-19-21-11-8-7-9-12-21)31(46)42-18-22(28(36)37)17-24(42)30(45)39-23(25(43)29(38)44)16-15-20-13-10-14-20/h7-9,11-12,20,22-24,26-28H,10,13-14,17-19H2,1-6H3,(H2,38,44)(H,39,45)(H2,40,41,48)/t22-,23?,24+,26-,27-/m1/s1.